The highest BCUT2D eigenvalue weighted by Gasteiger charge is 2.08. The Hall–Kier alpha value is -1.35. The molecule has 0 aliphatic rings. The first-order chi connectivity index (χ1) is 7.02. The molecule has 0 heterocycles. The molecule has 3 N–H and O–H groups in total. The lowest BCUT2D eigenvalue weighted by atomic mass is 10.1. The summed E-state index contributed by atoms with van der Waals surface area (Å²) in [7, 11) is 0. The summed E-state index contributed by atoms with van der Waals surface area (Å²) in [4.78, 5) is 11.8. The van der Waals surface area contributed by atoms with Gasteiger partial charge in [-0.15, -0.1) is 0 Å². The van der Waals surface area contributed by atoms with Crippen molar-refractivity contribution >= 4 is 5.91 Å². The molecule has 0 saturated carbocycles. The number of nitrogens with one attached hydrogen (secondary N) is 1. The first kappa shape index (κ1) is 11.7. The highest BCUT2D eigenvalue weighted by atomic mass is 16.1. The summed E-state index contributed by atoms with van der Waals surface area (Å²) < 4.78 is 0. The zero-order valence-electron chi connectivity index (χ0n) is 9.50. The predicted octanol–water partition coefficient (Wildman–Crippen LogP) is 1.38. The molecule has 0 unspecified atom stereocenters. The largest absolute Gasteiger partial charge is 0.348 e. The van der Waals surface area contributed by atoms with Crippen LogP contribution in [0, 0.1) is 13.8 Å². The molecule has 82 valence electrons. The summed E-state index contributed by atoms with van der Waals surface area (Å²) in [6.07, 6.45) is 0. The maximum atomic E-state index is 11.8. The Morgan fingerprint density at radius 1 is 1.33 bits per heavy atom. The summed E-state index contributed by atoms with van der Waals surface area (Å²) in [5, 5.41) is 2.84. The summed E-state index contributed by atoms with van der Waals surface area (Å²) in [5.41, 5.74) is 8.34. The van der Waals surface area contributed by atoms with Gasteiger partial charge in [0.05, 0.1) is 0 Å². The van der Waals surface area contributed by atoms with E-state index in [2.05, 4.69) is 5.32 Å². The van der Waals surface area contributed by atoms with E-state index in [0.29, 0.717) is 12.1 Å². The van der Waals surface area contributed by atoms with Crippen LogP contribution < -0.4 is 11.1 Å². The van der Waals surface area contributed by atoms with Crippen molar-refractivity contribution < 1.29 is 4.79 Å². The summed E-state index contributed by atoms with van der Waals surface area (Å²) in [5.74, 6) is -0.0558. The van der Waals surface area contributed by atoms with E-state index in [4.69, 9.17) is 5.73 Å². The molecule has 0 aromatic heterocycles. The topological polar surface area (TPSA) is 55.1 Å². The molecule has 1 aromatic rings. The molecule has 3 nitrogen and oxygen atoms in total. The minimum atomic E-state index is -0.0558. The van der Waals surface area contributed by atoms with Gasteiger partial charge in [0.1, 0.15) is 0 Å². The van der Waals surface area contributed by atoms with Crippen molar-refractivity contribution in [1.82, 2.24) is 5.32 Å². The third-order valence-corrected chi connectivity index (χ3v) is 2.21. The molecule has 0 radical (unpaired) electrons. The zero-order valence-corrected chi connectivity index (χ0v) is 9.50. The van der Waals surface area contributed by atoms with E-state index in [1.54, 1.807) is 0 Å². The van der Waals surface area contributed by atoms with E-state index in [-0.39, 0.29) is 11.9 Å². The van der Waals surface area contributed by atoms with Crippen molar-refractivity contribution in [3.05, 3.63) is 34.9 Å². The molecule has 1 aromatic carbocycles. The summed E-state index contributed by atoms with van der Waals surface area (Å²) in [6.45, 7) is 6.31. The average molecular weight is 206 g/mol. The first-order valence-electron chi connectivity index (χ1n) is 5.12. The van der Waals surface area contributed by atoms with Gasteiger partial charge in [-0.25, -0.2) is 0 Å². The predicted molar refractivity (Wildman–Crippen MR) is 61.9 cm³/mol. The Morgan fingerprint density at radius 3 is 2.33 bits per heavy atom. The van der Waals surface area contributed by atoms with Gasteiger partial charge in [0.2, 0.25) is 0 Å². The number of rotatable bonds is 3. The van der Waals surface area contributed by atoms with Crippen molar-refractivity contribution in [3.63, 3.8) is 0 Å². The molecule has 0 aliphatic carbocycles. The highest BCUT2D eigenvalue weighted by molar-refractivity contribution is 5.94. The Labute approximate surface area is 90.7 Å². The monoisotopic (exact) mass is 206 g/mol. The summed E-state index contributed by atoms with van der Waals surface area (Å²) >= 11 is 0. The van der Waals surface area contributed by atoms with E-state index in [9.17, 15) is 4.79 Å². The van der Waals surface area contributed by atoms with E-state index in [1.807, 2.05) is 39.0 Å². The van der Waals surface area contributed by atoms with Gasteiger partial charge in [-0.05, 0) is 32.9 Å². The summed E-state index contributed by atoms with van der Waals surface area (Å²) in [6, 6.07) is 5.82. The molecule has 1 amide bonds. The number of hydrogen-bond acceptors (Lipinski definition) is 2. The molecule has 15 heavy (non-hydrogen) atoms. The lowest BCUT2D eigenvalue weighted by Gasteiger charge is -2.12. The third-order valence-electron chi connectivity index (χ3n) is 2.21. The molecule has 3 heteroatoms. The van der Waals surface area contributed by atoms with Gasteiger partial charge in [-0.2, -0.15) is 0 Å². The Kier molecular flexibility index (Phi) is 3.86. The fraction of sp³-hybridized carbons (Fsp3) is 0.417. The molecular formula is C12H18N2O. The van der Waals surface area contributed by atoms with Gasteiger partial charge >= 0.3 is 0 Å². The quantitative estimate of drug-likeness (QED) is 0.785. The number of carbonyl (C=O) groups is 1. The molecule has 1 atom stereocenters. The SMILES string of the molecule is Cc1cc(C)cc(C(=O)N[C@@H](C)CN)c1. The van der Waals surface area contributed by atoms with Crippen molar-refractivity contribution in [3.8, 4) is 0 Å². The Balaban J connectivity index is 2.82. The van der Waals surface area contributed by atoms with Crippen LogP contribution in [0.3, 0.4) is 0 Å². The van der Waals surface area contributed by atoms with E-state index in [0.717, 1.165) is 11.1 Å². The van der Waals surface area contributed by atoms with Crippen LogP contribution in [0.15, 0.2) is 18.2 Å². The number of aryl methyl sites for hydroxylation is 2. The van der Waals surface area contributed by atoms with Gasteiger partial charge in [-0.3, -0.25) is 4.79 Å². The normalized spacial score (nSPS) is 12.3. The first-order valence-corrected chi connectivity index (χ1v) is 5.12. The van der Waals surface area contributed by atoms with Gasteiger partial charge < -0.3 is 11.1 Å². The number of benzene rings is 1. The molecule has 0 fully saturated rings. The average Bonchev–Trinajstić information content (AvgIpc) is 2.16. The highest BCUT2D eigenvalue weighted by Crippen LogP contribution is 2.08. The van der Waals surface area contributed by atoms with Gasteiger partial charge in [-0.1, -0.05) is 17.2 Å². The minimum Gasteiger partial charge on any atom is -0.348 e. The van der Waals surface area contributed by atoms with Crippen molar-refractivity contribution in [2.75, 3.05) is 6.54 Å². The van der Waals surface area contributed by atoms with E-state index < -0.39 is 0 Å². The van der Waals surface area contributed by atoms with Crippen LogP contribution in [0.2, 0.25) is 0 Å². The molecule has 0 bridgehead atoms. The number of amides is 1. The molecule has 0 spiro atoms. The van der Waals surface area contributed by atoms with Crippen LogP contribution in [0.1, 0.15) is 28.4 Å². The lowest BCUT2D eigenvalue weighted by Crippen LogP contribution is -2.37. The van der Waals surface area contributed by atoms with E-state index >= 15 is 0 Å². The second-order valence-corrected chi connectivity index (χ2v) is 3.99. The van der Waals surface area contributed by atoms with Crippen LogP contribution in [0.4, 0.5) is 0 Å². The van der Waals surface area contributed by atoms with Crippen LogP contribution in [-0.4, -0.2) is 18.5 Å². The second kappa shape index (κ2) is 4.94. The number of hydrogen-bond donors (Lipinski definition) is 2. The molecule has 0 aliphatic heterocycles. The number of nitrogens with two attached hydrogens (primary N) is 1. The van der Waals surface area contributed by atoms with Crippen molar-refractivity contribution in [2.45, 2.75) is 26.8 Å². The second-order valence-electron chi connectivity index (χ2n) is 3.99. The van der Waals surface area contributed by atoms with Crippen LogP contribution in [0.5, 0.6) is 0 Å². The Morgan fingerprint density at radius 2 is 1.87 bits per heavy atom. The maximum absolute atomic E-state index is 11.8. The zero-order chi connectivity index (χ0) is 11.4. The van der Waals surface area contributed by atoms with Crippen molar-refractivity contribution in [2.24, 2.45) is 5.73 Å². The Bertz CT molecular complexity index is 340. The third kappa shape index (κ3) is 3.36. The molecule has 0 saturated heterocycles. The maximum Gasteiger partial charge on any atom is 0.251 e. The standard InChI is InChI=1S/C12H18N2O/c1-8-4-9(2)6-11(5-8)12(15)14-10(3)7-13/h4-6,10H,7,13H2,1-3H3,(H,14,15)/t10-/m0/s1. The van der Waals surface area contributed by atoms with Gasteiger partial charge in [0.15, 0.2) is 0 Å². The fourth-order valence-electron chi connectivity index (χ4n) is 1.47. The smallest absolute Gasteiger partial charge is 0.251 e. The van der Waals surface area contributed by atoms with Crippen LogP contribution in [0.25, 0.3) is 0 Å². The van der Waals surface area contributed by atoms with E-state index in [1.165, 1.54) is 0 Å². The van der Waals surface area contributed by atoms with Crippen LogP contribution in [-0.2, 0) is 0 Å². The van der Waals surface area contributed by atoms with Gasteiger partial charge in [0, 0.05) is 18.2 Å². The van der Waals surface area contributed by atoms with Crippen LogP contribution >= 0.6 is 0 Å². The number of carbonyl (C=O) groups excluding carboxylic acids is 1. The minimum absolute atomic E-state index is 0.0123. The lowest BCUT2D eigenvalue weighted by molar-refractivity contribution is 0.0941. The molecule has 1 rings (SSSR count). The van der Waals surface area contributed by atoms with Crippen molar-refractivity contribution in [1.29, 1.82) is 0 Å². The van der Waals surface area contributed by atoms with Gasteiger partial charge in [0.25, 0.3) is 5.91 Å². The fourth-order valence-corrected chi connectivity index (χ4v) is 1.47. The molecular weight excluding hydrogens is 188 g/mol.